The van der Waals surface area contributed by atoms with E-state index >= 15 is 0 Å². The zero-order valence-electron chi connectivity index (χ0n) is 9.43. The van der Waals surface area contributed by atoms with Gasteiger partial charge in [0, 0.05) is 5.57 Å². The predicted octanol–water partition coefficient (Wildman–Crippen LogP) is 3.03. The van der Waals surface area contributed by atoms with E-state index < -0.39 is 5.97 Å². The topological polar surface area (TPSA) is 46.5 Å². The molecule has 0 spiro atoms. The molecule has 0 bridgehead atoms. The van der Waals surface area contributed by atoms with Crippen molar-refractivity contribution in [2.75, 3.05) is 0 Å². The maximum Gasteiger partial charge on any atom is 0.338 e. The third-order valence-corrected chi connectivity index (χ3v) is 2.38. The largest absolute Gasteiger partial charge is 0.504 e. The van der Waals surface area contributed by atoms with Crippen LogP contribution in [0.4, 0.5) is 0 Å². The summed E-state index contributed by atoms with van der Waals surface area (Å²) >= 11 is 0. The summed E-state index contributed by atoms with van der Waals surface area (Å²) in [5.41, 5.74) is 0.289. The van der Waals surface area contributed by atoms with Gasteiger partial charge in [-0.15, -0.1) is 0 Å². The number of esters is 1. The summed E-state index contributed by atoms with van der Waals surface area (Å²) < 4.78 is 5.03. The predicted molar refractivity (Wildman–Crippen MR) is 66.1 cm³/mol. The number of rotatable bonds is 2. The molecule has 2 rings (SSSR count). The molecule has 0 fully saturated rings. The summed E-state index contributed by atoms with van der Waals surface area (Å²) in [7, 11) is 0. The maximum absolute atomic E-state index is 11.4. The van der Waals surface area contributed by atoms with Crippen molar-refractivity contribution in [2.24, 2.45) is 0 Å². The molecule has 2 aromatic carbocycles. The Hall–Kier alpha value is -2.29. The fraction of sp³-hybridized carbons (Fsp3) is 0.0714. The zero-order valence-corrected chi connectivity index (χ0v) is 9.43. The van der Waals surface area contributed by atoms with Gasteiger partial charge in [-0.3, -0.25) is 0 Å². The lowest BCUT2D eigenvalue weighted by Crippen LogP contribution is -2.08. The highest BCUT2D eigenvalue weighted by atomic mass is 16.5. The van der Waals surface area contributed by atoms with Gasteiger partial charge in [-0.25, -0.2) is 4.79 Å². The van der Waals surface area contributed by atoms with Crippen LogP contribution in [0.2, 0.25) is 0 Å². The summed E-state index contributed by atoms with van der Waals surface area (Å²) in [6, 6.07) is 10.7. The van der Waals surface area contributed by atoms with Crippen LogP contribution in [-0.4, -0.2) is 11.1 Å². The Kier molecular flexibility index (Phi) is 2.83. The molecule has 86 valence electrons. The van der Waals surface area contributed by atoms with Crippen LogP contribution in [0, 0.1) is 0 Å². The van der Waals surface area contributed by atoms with E-state index in [-0.39, 0.29) is 17.1 Å². The number of aromatic hydroxyl groups is 1. The van der Waals surface area contributed by atoms with Gasteiger partial charge in [0.05, 0.1) is 0 Å². The number of carbonyl (C=O) groups is 1. The van der Waals surface area contributed by atoms with Crippen LogP contribution in [0.15, 0.2) is 48.6 Å². The van der Waals surface area contributed by atoms with Crippen LogP contribution in [0.3, 0.4) is 0 Å². The molecule has 2 aromatic rings. The second-order valence-electron chi connectivity index (χ2n) is 3.84. The number of phenols is 1. The SMILES string of the molecule is C=C(C)C(=O)Oc1cc2ccccc2cc1O. The molecule has 0 aromatic heterocycles. The second kappa shape index (κ2) is 4.29. The first-order chi connectivity index (χ1) is 8.08. The Balaban J connectivity index is 2.44. The number of carbonyl (C=O) groups excluding carboxylic acids is 1. The van der Waals surface area contributed by atoms with Gasteiger partial charge in [-0.05, 0) is 29.8 Å². The summed E-state index contributed by atoms with van der Waals surface area (Å²) in [5, 5.41) is 11.5. The number of hydrogen-bond acceptors (Lipinski definition) is 3. The molecule has 1 N–H and O–H groups in total. The molecule has 0 aliphatic carbocycles. The Bertz CT molecular complexity index is 599. The first-order valence-electron chi connectivity index (χ1n) is 5.17. The fourth-order valence-corrected chi connectivity index (χ4v) is 1.48. The minimum absolute atomic E-state index is 0.0571. The van der Waals surface area contributed by atoms with Crippen LogP contribution < -0.4 is 4.74 Å². The van der Waals surface area contributed by atoms with E-state index in [2.05, 4.69) is 6.58 Å². The molecule has 17 heavy (non-hydrogen) atoms. The van der Waals surface area contributed by atoms with Gasteiger partial charge in [0.1, 0.15) is 0 Å². The number of fused-ring (bicyclic) bond motifs is 1. The van der Waals surface area contributed by atoms with E-state index in [1.165, 1.54) is 0 Å². The minimum Gasteiger partial charge on any atom is -0.504 e. The average Bonchev–Trinajstić information content (AvgIpc) is 2.29. The number of ether oxygens (including phenoxy) is 1. The Morgan fingerprint density at radius 3 is 2.41 bits per heavy atom. The molecule has 0 radical (unpaired) electrons. The van der Waals surface area contributed by atoms with E-state index in [4.69, 9.17) is 4.74 Å². The molecule has 3 heteroatoms. The normalized spacial score (nSPS) is 10.2. The number of hydrogen-bond donors (Lipinski definition) is 1. The van der Waals surface area contributed by atoms with Gasteiger partial charge in [0.2, 0.25) is 0 Å². The molecule has 0 amide bonds. The Morgan fingerprint density at radius 1 is 1.24 bits per heavy atom. The summed E-state index contributed by atoms with van der Waals surface area (Å²) in [6.45, 7) is 5.04. The molecule has 0 unspecified atom stereocenters. The maximum atomic E-state index is 11.4. The second-order valence-corrected chi connectivity index (χ2v) is 3.84. The molecule has 0 saturated heterocycles. The first-order valence-corrected chi connectivity index (χ1v) is 5.17. The fourth-order valence-electron chi connectivity index (χ4n) is 1.48. The molecule has 0 saturated carbocycles. The van der Waals surface area contributed by atoms with E-state index in [0.717, 1.165) is 10.8 Å². The molecular weight excluding hydrogens is 216 g/mol. The number of benzene rings is 2. The first kappa shape index (κ1) is 11.2. The third-order valence-electron chi connectivity index (χ3n) is 2.38. The standard InChI is InChI=1S/C14H12O3/c1-9(2)14(16)17-13-8-11-6-4-3-5-10(11)7-12(13)15/h3-8,15H,1H2,2H3. The van der Waals surface area contributed by atoms with E-state index in [9.17, 15) is 9.90 Å². The van der Waals surface area contributed by atoms with Crippen LogP contribution >= 0.6 is 0 Å². The van der Waals surface area contributed by atoms with Crippen molar-refractivity contribution in [1.82, 2.24) is 0 Å². The van der Waals surface area contributed by atoms with Crippen molar-refractivity contribution in [1.29, 1.82) is 0 Å². The van der Waals surface area contributed by atoms with Gasteiger partial charge >= 0.3 is 5.97 Å². The highest BCUT2D eigenvalue weighted by molar-refractivity contribution is 5.91. The Morgan fingerprint density at radius 2 is 1.82 bits per heavy atom. The Labute approximate surface area is 99.0 Å². The van der Waals surface area contributed by atoms with Crippen molar-refractivity contribution in [3.05, 3.63) is 48.6 Å². The monoisotopic (exact) mass is 228 g/mol. The van der Waals surface area contributed by atoms with Crippen LogP contribution in [0.25, 0.3) is 10.8 Å². The lowest BCUT2D eigenvalue weighted by atomic mass is 10.1. The zero-order chi connectivity index (χ0) is 12.4. The van der Waals surface area contributed by atoms with Gasteiger partial charge in [0.15, 0.2) is 11.5 Å². The van der Waals surface area contributed by atoms with Gasteiger partial charge in [0.25, 0.3) is 0 Å². The highest BCUT2D eigenvalue weighted by Crippen LogP contribution is 2.31. The van der Waals surface area contributed by atoms with E-state index in [1.807, 2.05) is 24.3 Å². The number of phenolic OH excluding ortho intramolecular Hbond substituents is 1. The quantitative estimate of drug-likeness (QED) is 0.488. The average molecular weight is 228 g/mol. The molecule has 0 aliphatic rings. The van der Waals surface area contributed by atoms with Gasteiger partial charge in [-0.2, -0.15) is 0 Å². The lowest BCUT2D eigenvalue weighted by molar-refractivity contribution is -0.130. The lowest BCUT2D eigenvalue weighted by Gasteiger charge is -2.07. The van der Waals surface area contributed by atoms with Crippen molar-refractivity contribution in [2.45, 2.75) is 6.92 Å². The van der Waals surface area contributed by atoms with Crippen LogP contribution in [-0.2, 0) is 4.79 Å². The van der Waals surface area contributed by atoms with Crippen molar-refractivity contribution in [3.8, 4) is 11.5 Å². The van der Waals surface area contributed by atoms with Crippen LogP contribution in [0.5, 0.6) is 11.5 Å². The highest BCUT2D eigenvalue weighted by Gasteiger charge is 2.10. The van der Waals surface area contributed by atoms with E-state index in [1.54, 1.807) is 19.1 Å². The van der Waals surface area contributed by atoms with Crippen LogP contribution in [0.1, 0.15) is 6.92 Å². The van der Waals surface area contributed by atoms with Gasteiger partial charge in [-0.1, -0.05) is 30.8 Å². The summed E-state index contributed by atoms with van der Waals surface area (Å²) in [6.07, 6.45) is 0. The molecule has 0 aliphatic heterocycles. The molecule has 3 nitrogen and oxygen atoms in total. The minimum atomic E-state index is -0.546. The van der Waals surface area contributed by atoms with E-state index in [0.29, 0.717) is 0 Å². The molecule has 0 atom stereocenters. The van der Waals surface area contributed by atoms with Crippen molar-refractivity contribution >= 4 is 16.7 Å². The summed E-state index contributed by atoms with van der Waals surface area (Å²) in [4.78, 5) is 11.4. The smallest absolute Gasteiger partial charge is 0.338 e. The van der Waals surface area contributed by atoms with Crippen molar-refractivity contribution in [3.63, 3.8) is 0 Å². The third kappa shape index (κ3) is 2.28. The van der Waals surface area contributed by atoms with Gasteiger partial charge < -0.3 is 9.84 Å². The molecule has 0 heterocycles. The molecular formula is C14H12O3. The summed E-state index contributed by atoms with van der Waals surface area (Å²) in [5.74, 6) is -0.453. The van der Waals surface area contributed by atoms with Crippen molar-refractivity contribution < 1.29 is 14.6 Å².